The van der Waals surface area contributed by atoms with Crippen molar-refractivity contribution in [2.45, 2.75) is 18.2 Å². The summed E-state index contributed by atoms with van der Waals surface area (Å²) >= 11 is 7.29. The van der Waals surface area contributed by atoms with Gasteiger partial charge in [0.25, 0.3) is 0 Å². The van der Waals surface area contributed by atoms with E-state index in [0.717, 1.165) is 35.4 Å². The number of aryl methyl sites for hydroxylation is 1. The van der Waals surface area contributed by atoms with Gasteiger partial charge in [-0.3, -0.25) is 14.6 Å². The van der Waals surface area contributed by atoms with Crippen LogP contribution in [-0.4, -0.2) is 69.4 Å². The number of hydrogen-bond acceptors (Lipinski definition) is 7. The van der Waals surface area contributed by atoms with Crippen molar-refractivity contribution in [2.75, 3.05) is 50.0 Å². The predicted molar refractivity (Wildman–Crippen MR) is 132 cm³/mol. The van der Waals surface area contributed by atoms with Crippen LogP contribution in [-0.2, 0) is 19.4 Å². The Bertz CT molecular complexity index is 1220. The fourth-order valence-electron chi connectivity index (χ4n) is 3.71. The van der Waals surface area contributed by atoms with Crippen LogP contribution in [0.2, 0.25) is 5.02 Å². The number of morpholine rings is 1. The Morgan fingerprint density at radius 2 is 1.91 bits per heavy atom. The SMILES string of the molecule is Cc1ccc2nc(N(CCCN3CCOCC3)C(=O)CS(=O)(=O)c3ccc(Cl)cc3)sc2c1. The number of thiazole rings is 1. The molecule has 0 aliphatic carbocycles. The van der Waals surface area contributed by atoms with Crippen LogP contribution < -0.4 is 4.90 Å². The first kappa shape index (κ1) is 24.1. The van der Waals surface area contributed by atoms with Gasteiger partial charge < -0.3 is 4.74 Å². The molecule has 0 bridgehead atoms. The number of carbonyl (C=O) groups is 1. The molecule has 1 saturated heterocycles. The minimum Gasteiger partial charge on any atom is -0.379 e. The lowest BCUT2D eigenvalue weighted by molar-refractivity contribution is -0.116. The number of aromatic nitrogens is 1. The molecule has 1 aromatic heterocycles. The number of fused-ring (bicyclic) bond motifs is 1. The van der Waals surface area contributed by atoms with E-state index in [4.69, 9.17) is 16.3 Å². The third-order valence-electron chi connectivity index (χ3n) is 5.51. The first-order chi connectivity index (χ1) is 15.8. The Kier molecular flexibility index (Phi) is 7.65. The fraction of sp³-hybridized carbons (Fsp3) is 0.391. The normalized spacial score (nSPS) is 15.1. The molecule has 176 valence electrons. The standard InChI is InChI=1S/C23H26ClN3O4S2/c1-17-3-8-20-21(15-17)32-23(25-20)27(10-2-9-26-11-13-31-14-12-26)22(28)16-33(29,30)19-6-4-18(24)5-7-19/h3-8,15H,2,9-14,16H2,1H3. The van der Waals surface area contributed by atoms with Crippen molar-refractivity contribution in [3.05, 3.63) is 53.1 Å². The minimum atomic E-state index is -3.81. The van der Waals surface area contributed by atoms with E-state index in [2.05, 4.69) is 9.88 Å². The Morgan fingerprint density at radius 3 is 2.64 bits per heavy atom. The number of anilines is 1. The highest BCUT2D eigenvalue weighted by Crippen LogP contribution is 2.30. The van der Waals surface area contributed by atoms with E-state index in [1.165, 1.54) is 40.5 Å². The Morgan fingerprint density at radius 1 is 1.18 bits per heavy atom. The lowest BCUT2D eigenvalue weighted by Gasteiger charge is -2.27. The Balaban J connectivity index is 1.55. The summed E-state index contributed by atoms with van der Waals surface area (Å²) in [7, 11) is -3.81. The van der Waals surface area contributed by atoms with Crippen molar-refractivity contribution in [1.29, 1.82) is 0 Å². The second-order valence-electron chi connectivity index (χ2n) is 8.03. The molecule has 0 radical (unpaired) electrons. The number of halogens is 1. The van der Waals surface area contributed by atoms with Gasteiger partial charge in [-0.1, -0.05) is 29.0 Å². The predicted octanol–water partition coefficient (Wildman–Crippen LogP) is 3.79. The van der Waals surface area contributed by atoms with Crippen LogP contribution in [0.3, 0.4) is 0 Å². The highest BCUT2D eigenvalue weighted by atomic mass is 35.5. The lowest BCUT2D eigenvalue weighted by atomic mass is 10.2. The summed E-state index contributed by atoms with van der Waals surface area (Å²) in [4.78, 5) is 21.8. The molecule has 2 aromatic carbocycles. The maximum absolute atomic E-state index is 13.3. The summed E-state index contributed by atoms with van der Waals surface area (Å²) < 4.78 is 32.2. The van der Waals surface area contributed by atoms with Gasteiger partial charge in [-0.25, -0.2) is 13.4 Å². The van der Waals surface area contributed by atoms with Crippen molar-refractivity contribution in [1.82, 2.24) is 9.88 Å². The molecule has 4 rings (SSSR count). The molecule has 0 unspecified atom stereocenters. The number of amides is 1. The van der Waals surface area contributed by atoms with E-state index in [-0.39, 0.29) is 4.90 Å². The van der Waals surface area contributed by atoms with Crippen LogP contribution >= 0.6 is 22.9 Å². The molecule has 1 fully saturated rings. The molecule has 1 aliphatic rings. The Labute approximate surface area is 202 Å². The molecule has 2 heterocycles. The second-order valence-corrected chi connectivity index (χ2v) is 11.5. The summed E-state index contributed by atoms with van der Waals surface area (Å²) in [6.45, 7) is 6.34. The number of sulfone groups is 1. The highest BCUT2D eigenvalue weighted by Gasteiger charge is 2.26. The van der Waals surface area contributed by atoms with Crippen LogP contribution in [0.25, 0.3) is 10.2 Å². The van der Waals surface area contributed by atoms with Crippen LogP contribution in [0.5, 0.6) is 0 Å². The molecule has 1 amide bonds. The zero-order chi connectivity index (χ0) is 23.4. The van der Waals surface area contributed by atoms with Crippen molar-refractivity contribution >= 4 is 54.0 Å². The monoisotopic (exact) mass is 507 g/mol. The van der Waals surface area contributed by atoms with E-state index in [1.807, 2.05) is 25.1 Å². The van der Waals surface area contributed by atoms with E-state index < -0.39 is 21.5 Å². The number of nitrogens with zero attached hydrogens (tertiary/aromatic N) is 3. The maximum atomic E-state index is 13.3. The molecule has 33 heavy (non-hydrogen) atoms. The van der Waals surface area contributed by atoms with Crippen molar-refractivity contribution in [2.24, 2.45) is 0 Å². The van der Waals surface area contributed by atoms with Crippen LogP contribution in [0, 0.1) is 6.92 Å². The van der Waals surface area contributed by atoms with E-state index in [0.29, 0.717) is 36.3 Å². The number of hydrogen-bond donors (Lipinski definition) is 0. The summed E-state index contributed by atoms with van der Waals surface area (Å²) in [6, 6.07) is 11.8. The van der Waals surface area contributed by atoms with Gasteiger partial charge in [-0.05, 0) is 55.3 Å². The summed E-state index contributed by atoms with van der Waals surface area (Å²) in [5, 5.41) is 0.962. The number of rotatable bonds is 8. The Hall–Kier alpha value is -2.04. The molecule has 0 saturated carbocycles. The van der Waals surface area contributed by atoms with E-state index in [1.54, 1.807) is 0 Å². The quantitative estimate of drug-likeness (QED) is 0.461. The van der Waals surface area contributed by atoms with Crippen LogP contribution in [0.15, 0.2) is 47.4 Å². The molecular formula is C23H26ClN3O4S2. The van der Waals surface area contributed by atoms with Gasteiger partial charge in [-0.15, -0.1) is 0 Å². The van der Waals surface area contributed by atoms with E-state index >= 15 is 0 Å². The maximum Gasteiger partial charge on any atom is 0.244 e. The van der Waals surface area contributed by atoms with Gasteiger partial charge in [0.05, 0.1) is 28.3 Å². The molecule has 7 nitrogen and oxygen atoms in total. The van der Waals surface area contributed by atoms with Gasteiger partial charge in [0.15, 0.2) is 15.0 Å². The topological polar surface area (TPSA) is 79.8 Å². The average molecular weight is 508 g/mol. The molecule has 0 spiro atoms. The molecule has 3 aromatic rings. The fourth-order valence-corrected chi connectivity index (χ4v) is 6.14. The van der Waals surface area contributed by atoms with Gasteiger partial charge >= 0.3 is 0 Å². The van der Waals surface area contributed by atoms with Gasteiger partial charge in [0.2, 0.25) is 5.91 Å². The molecule has 0 N–H and O–H groups in total. The van der Waals surface area contributed by atoms with Gasteiger partial charge in [0, 0.05) is 31.2 Å². The van der Waals surface area contributed by atoms with Gasteiger partial charge in [-0.2, -0.15) is 0 Å². The lowest BCUT2D eigenvalue weighted by Crippen LogP contribution is -2.40. The summed E-state index contributed by atoms with van der Waals surface area (Å²) in [5.74, 6) is -1.11. The molecule has 10 heteroatoms. The average Bonchev–Trinajstić information content (AvgIpc) is 3.20. The zero-order valence-electron chi connectivity index (χ0n) is 18.4. The summed E-state index contributed by atoms with van der Waals surface area (Å²) in [5.41, 5.74) is 1.90. The van der Waals surface area contributed by atoms with Crippen molar-refractivity contribution < 1.29 is 17.9 Å². The highest BCUT2D eigenvalue weighted by molar-refractivity contribution is 7.92. The molecule has 1 aliphatic heterocycles. The number of benzene rings is 2. The minimum absolute atomic E-state index is 0.0773. The largest absolute Gasteiger partial charge is 0.379 e. The first-order valence-electron chi connectivity index (χ1n) is 10.8. The number of ether oxygens (including phenoxy) is 1. The molecular weight excluding hydrogens is 482 g/mol. The smallest absolute Gasteiger partial charge is 0.244 e. The zero-order valence-corrected chi connectivity index (χ0v) is 20.8. The molecule has 0 atom stereocenters. The third-order valence-corrected chi connectivity index (χ3v) is 8.42. The first-order valence-corrected chi connectivity index (χ1v) is 13.6. The van der Waals surface area contributed by atoms with Crippen molar-refractivity contribution in [3.63, 3.8) is 0 Å². The van der Waals surface area contributed by atoms with Gasteiger partial charge in [0.1, 0.15) is 5.75 Å². The number of carbonyl (C=O) groups excluding carboxylic acids is 1. The summed E-state index contributed by atoms with van der Waals surface area (Å²) in [6.07, 6.45) is 0.710. The van der Waals surface area contributed by atoms with E-state index in [9.17, 15) is 13.2 Å². The second kappa shape index (κ2) is 10.5. The van der Waals surface area contributed by atoms with Crippen LogP contribution in [0.1, 0.15) is 12.0 Å². The van der Waals surface area contributed by atoms with Crippen molar-refractivity contribution in [3.8, 4) is 0 Å². The third kappa shape index (κ3) is 6.10. The van der Waals surface area contributed by atoms with Crippen LogP contribution in [0.4, 0.5) is 5.13 Å².